The normalized spacial score (nSPS) is 16.3. The van der Waals surface area contributed by atoms with Crippen LogP contribution in [0, 0.1) is 5.82 Å². The van der Waals surface area contributed by atoms with E-state index in [2.05, 4.69) is 27.6 Å². The Kier molecular flexibility index (Phi) is 4.48. The number of ether oxygens (including phenoxy) is 1. The number of nitrogens with zero attached hydrogens (tertiary/aromatic N) is 1. The highest BCUT2D eigenvalue weighted by atomic mass is 19.1. The summed E-state index contributed by atoms with van der Waals surface area (Å²) in [4.78, 5) is 0. The number of H-pyrrole nitrogens is 1. The number of aromatic nitrogens is 2. The van der Waals surface area contributed by atoms with Crippen molar-refractivity contribution in [1.29, 1.82) is 0 Å². The Hall–Kier alpha value is -2.66. The molecule has 0 radical (unpaired) electrons. The molecule has 3 aromatic rings. The topological polar surface area (TPSA) is 49.9 Å². The summed E-state index contributed by atoms with van der Waals surface area (Å²) in [5, 5.41) is 10.7. The van der Waals surface area contributed by atoms with Crippen molar-refractivity contribution in [2.45, 2.75) is 25.5 Å². The van der Waals surface area contributed by atoms with Crippen molar-refractivity contribution in [3.05, 3.63) is 71.7 Å². The van der Waals surface area contributed by atoms with E-state index in [1.165, 1.54) is 6.07 Å². The predicted molar refractivity (Wildman–Crippen MR) is 94.9 cm³/mol. The van der Waals surface area contributed by atoms with Gasteiger partial charge in [-0.2, -0.15) is 5.10 Å². The van der Waals surface area contributed by atoms with Gasteiger partial charge in [-0.05, 0) is 42.2 Å². The van der Waals surface area contributed by atoms with Crippen LogP contribution in [0.25, 0.3) is 11.3 Å². The molecule has 1 atom stereocenters. The number of rotatable bonds is 5. The fourth-order valence-electron chi connectivity index (χ4n) is 3.22. The summed E-state index contributed by atoms with van der Waals surface area (Å²) in [5.74, 6) is 0.597. The first-order chi connectivity index (χ1) is 12.3. The van der Waals surface area contributed by atoms with Gasteiger partial charge in [0.05, 0.1) is 11.9 Å². The quantitative estimate of drug-likeness (QED) is 0.746. The molecule has 0 bridgehead atoms. The highest BCUT2D eigenvalue weighted by Gasteiger charge is 2.20. The lowest BCUT2D eigenvalue weighted by Gasteiger charge is -2.26. The number of hydrogen-bond acceptors (Lipinski definition) is 3. The Morgan fingerprint density at radius 2 is 2.08 bits per heavy atom. The molecule has 1 aliphatic rings. The van der Waals surface area contributed by atoms with Gasteiger partial charge in [0.1, 0.15) is 17.7 Å². The van der Waals surface area contributed by atoms with E-state index < -0.39 is 0 Å². The minimum absolute atomic E-state index is 0.102. The SMILES string of the molecule is Fc1ccc2c(c1)CCC(CNCc1cn[nH]c1-c1ccccc1)O2. The molecule has 4 nitrogen and oxygen atoms in total. The Morgan fingerprint density at radius 1 is 1.20 bits per heavy atom. The van der Waals surface area contributed by atoms with Gasteiger partial charge in [-0.1, -0.05) is 30.3 Å². The summed E-state index contributed by atoms with van der Waals surface area (Å²) < 4.78 is 19.2. The summed E-state index contributed by atoms with van der Waals surface area (Å²) in [7, 11) is 0. The second kappa shape index (κ2) is 7.07. The molecule has 5 heteroatoms. The van der Waals surface area contributed by atoms with Crippen molar-refractivity contribution in [1.82, 2.24) is 15.5 Å². The first kappa shape index (κ1) is 15.8. The summed E-state index contributed by atoms with van der Waals surface area (Å²) >= 11 is 0. The van der Waals surface area contributed by atoms with E-state index in [9.17, 15) is 4.39 Å². The molecule has 2 aromatic carbocycles. The van der Waals surface area contributed by atoms with Gasteiger partial charge in [0, 0.05) is 18.7 Å². The highest BCUT2D eigenvalue weighted by Crippen LogP contribution is 2.28. The van der Waals surface area contributed by atoms with E-state index in [0.29, 0.717) is 0 Å². The summed E-state index contributed by atoms with van der Waals surface area (Å²) in [5.41, 5.74) is 4.25. The maximum Gasteiger partial charge on any atom is 0.123 e. The lowest BCUT2D eigenvalue weighted by atomic mass is 10.0. The molecule has 0 spiro atoms. The van der Waals surface area contributed by atoms with Crippen LogP contribution in [0.3, 0.4) is 0 Å². The zero-order chi connectivity index (χ0) is 17.1. The van der Waals surface area contributed by atoms with Crippen molar-refractivity contribution >= 4 is 0 Å². The predicted octanol–water partition coefficient (Wildman–Crippen LogP) is 3.70. The zero-order valence-electron chi connectivity index (χ0n) is 13.8. The van der Waals surface area contributed by atoms with Crippen LogP contribution >= 0.6 is 0 Å². The van der Waals surface area contributed by atoms with Gasteiger partial charge in [0.2, 0.25) is 0 Å². The summed E-state index contributed by atoms with van der Waals surface area (Å²) in [6.45, 7) is 1.47. The van der Waals surface area contributed by atoms with Gasteiger partial charge in [-0.15, -0.1) is 0 Å². The van der Waals surface area contributed by atoms with Gasteiger partial charge in [-0.25, -0.2) is 4.39 Å². The fraction of sp³-hybridized carbons (Fsp3) is 0.250. The molecule has 25 heavy (non-hydrogen) atoms. The monoisotopic (exact) mass is 337 g/mol. The van der Waals surface area contributed by atoms with Gasteiger partial charge in [0.15, 0.2) is 0 Å². The van der Waals surface area contributed by atoms with Gasteiger partial charge < -0.3 is 10.1 Å². The summed E-state index contributed by atoms with van der Waals surface area (Å²) in [6.07, 6.45) is 3.70. The Morgan fingerprint density at radius 3 is 2.96 bits per heavy atom. The highest BCUT2D eigenvalue weighted by molar-refractivity contribution is 5.62. The number of nitrogens with one attached hydrogen (secondary N) is 2. The molecule has 128 valence electrons. The number of hydrogen-bond donors (Lipinski definition) is 2. The average Bonchev–Trinajstić information content (AvgIpc) is 3.11. The van der Waals surface area contributed by atoms with E-state index in [4.69, 9.17) is 4.74 Å². The molecule has 1 aliphatic heterocycles. The third kappa shape index (κ3) is 3.56. The Bertz CT molecular complexity index is 847. The van der Waals surface area contributed by atoms with Crippen LogP contribution in [0.15, 0.2) is 54.7 Å². The molecular formula is C20H20FN3O. The third-order valence-corrected chi connectivity index (χ3v) is 4.52. The van der Waals surface area contributed by atoms with Crippen LogP contribution in [0.2, 0.25) is 0 Å². The standard InChI is InChI=1S/C20H20FN3O/c21-17-7-9-19-15(10-17)6-8-18(25-19)13-22-11-16-12-23-24-20(16)14-4-2-1-3-5-14/h1-5,7,9-10,12,18,22H,6,8,11,13H2,(H,23,24). The maximum absolute atomic E-state index is 13.3. The van der Waals surface area contributed by atoms with Crippen molar-refractivity contribution in [2.24, 2.45) is 0 Å². The number of benzene rings is 2. The van der Waals surface area contributed by atoms with E-state index in [1.807, 2.05) is 24.4 Å². The number of halogens is 1. The van der Waals surface area contributed by atoms with E-state index >= 15 is 0 Å². The molecule has 0 saturated carbocycles. The van der Waals surface area contributed by atoms with Crippen LogP contribution in [0.5, 0.6) is 5.75 Å². The number of aromatic amines is 1. The first-order valence-corrected chi connectivity index (χ1v) is 8.53. The molecule has 0 amide bonds. The van der Waals surface area contributed by atoms with Crippen molar-refractivity contribution in [3.8, 4) is 17.0 Å². The molecular weight excluding hydrogens is 317 g/mol. The van der Waals surface area contributed by atoms with Gasteiger partial charge >= 0.3 is 0 Å². The van der Waals surface area contributed by atoms with Gasteiger partial charge in [0.25, 0.3) is 0 Å². The Labute approximate surface area is 146 Å². The fourth-order valence-corrected chi connectivity index (χ4v) is 3.22. The first-order valence-electron chi connectivity index (χ1n) is 8.53. The second-order valence-corrected chi connectivity index (χ2v) is 6.30. The maximum atomic E-state index is 13.3. The minimum Gasteiger partial charge on any atom is -0.489 e. The molecule has 0 aliphatic carbocycles. The molecule has 2 heterocycles. The van der Waals surface area contributed by atoms with Crippen molar-refractivity contribution < 1.29 is 9.13 Å². The molecule has 4 rings (SSSR count). The van der Waals surface area contributed by atoms with Crippen molar-refractivity contribution in [2.75, 3.05) is 6.54 Å². The lowest BCUT2D eigenvalue weighted by molar-refractivity contribution is 0.170. The summed E-state index contributed by atoms with van der Waals surface area (Å²) in [6, 6.07) is 14.9. The van der Waals surface area contributed by atoms with Crippen LogP contribution in [0.4, 0.5) is 4.39 Å². The van der Waals surface area contributed by atoms with Crippen LogP contribution in [-0.4, -0.2) is 22.8 Å². The van der Waals surface area contributed by atoms with E-state index in [0.717, 1.165) is 54.1 Å². The van der Waals surface area contributed by atoms with Crippen LogP contribution < -0.4 is 10.1 Å². The van der Waals surface area contributed by atoms with Crippen LogP contribution in [-0.2, 0) is 13.0 Å². The molecule has 2 N–H and O–H groups in total. The van der Waals surface area contributed by atoms with E-state index in [1.54, 1.807) is 12.1 Å². The molecule has 1 unspecified atom stereocenters. The number of fused-ring (bicyclic) bond motifs is 1. The largest absolute Gasteiger partial charge is 0.489 e. The second-order valence-electron chi connectivity index (χ2n) is 6.30. The van der Waals surface area contributed by atoms with Crippen LogP contribution in [0.1, 0.15) is 17.5 Å². The zero-order valence-corrected chi connectivity index (χ0v) is 13.8. The van der Waals surface area contributed by atoms with Gasteiger partial charge in [-0.3, -0.25) is 5.10 Å². The smallest absolute Gasteiger partial charge is 0.123 e. The average molecular weight is 337 g/mol. The number of aryl methyl sites for hydroxylation is 1. The Balaban J connectivity index is 1.35. The van der Waals surface area contributed by atoms with E-state index in [-0.39, 0.29) is 11.9 Å². The van der Waals surface area contributed by atoms with Crippen molar-refractivity contribution in [3.63, 3.8) is 0 Å². The molecule has 0 saturated heterocycles. The minimum atomic E-state index is -0.202. The molecule has 0 fully saturated rings. The third-order valence-electron chi connectivity index (χ3n) is 4.52. The molecule has 1 aromatic heterocycles. The lowest BCUT2D eigenvalue weighted by Crippen LogP contribution is -2.34.